The SMILES string of the molecule is CC(=O)O[C@@H]1[C@H]2[C@@H](O)[C@@H](OC(=O)c3ccccc3)[C@]3(C)[C@@H](O)[C@@H](O)C[C@@H](C)[C@@]13OC2(C)C. The van der Waals surface area contributed by atoms with Crippen LogP contribution in [0, 0.1) is 17.3 Å². The predicted molar refractivity (Wildman–Crippen MR) is 112 cm³/mol. The number of esters is 2. The summed E-state index contributed by atoms with van der Waals surface area (Å²) in [6.45, 7) is 8.36. The average Bonchev–Trinajstić information content (AvgIpc) is 2.93. The minimum atomic E-state index is -1.46. The Balaban J connectivity index is 1.87. The summed E-state index contributed by atoms with van der Waals surface area (Å²) in [5, 5.41) is 33.5. The van der Waals surface area contributed by atoms with Crippen molar-refractivity contribution in [3.63, 3.8) is 0 Å². The quantitative estimate of drug-likeness (QED) is 0.594. The van der Waals surface area contributed by atoms with Gasteiger partial charge in [-0.05, 0) is 38.3 Å². The minimum Gasteiger partial charge on any atom is -0.459 e. The van der Waals surface area contributed by atoms with Crippen LogP contribution in [0.3, 0.4) is 0 Å². The fourth-order valence-electron chi connectivity index (χ4n) is 6.63. The van der Waals surface area contributed by atoms with Gasteiger partial charge in [-0.2, -0.15) is 0 Å². The third-order valence-corrected chi connectivity index (χ3v) is 7.94. The molecule has 3 fully saturated rings. The van der Waals surface area contributed by atoms with Crippen LogP contribution in [0.2, 0.25) is 0 Å². The van der Waals surface area contributed by atoms with E-state index in [1.165, 1.54) is 6.92 Å². The van der Waals surface area contributed by atoms with Gasteiger partial charge in [0.15, 0.2) is 0 Å². The Bertz CT molecular complexity index is 901. The molecular formula is C24H32O8. The van der Waals surface area contributed by atoms with Crippen LogP contribution >= 0.6 is 0 Å². The molecule has 1 aromatic rings. The zero-order valence-electron chi connectivity index (χ0n) is 19.0. The predicted octanol–water partition coefficient (Wildman–Crippen LogP) is 1.45. The van der Waals surface area contributed by atoms with Gasteiger partial charge in [0.05, 0.1) is 34.7 Å². The van der Waals surface area contributed by atoms with Crippen molar-refractivity contribution in [1.82, 2.24) is 0 Å². The summed E-state index contributed by atoms with van der Waals surface area (Å²) in [4.78, 5) is 25.1. The Morgan fingerprint density at radius 3 is 2.25 bits per heavy atom. The van der Waals surface area contributed by atoms with Crippen LogP contribution in [-0.2, 0) is 19.0 Å². The lowest BCUT2D eigenvalue weighted by Gasteiger charge is -2.63. The fourth-order valence-corrected chi connectivity index (χ4v) is 6.63. The molecule has 1 aromatic carbocycles. The first-order valence-electron chi connectivity index (χ1n) is 11.1. The number of benzene rings is 1. The molecule has 8 heteroatoms. The molecule has 0 radical (unpaired) electrons. The Labute approximate surface area is 187 Å². The highest BCUT2D eigenvalue weighted by molar-refractivity contribution is 5.89. The van der Waals surface area contributed by atoms with Gasteiger partial charge in [-0.15, -0.1) is 0 Å². The second-order valence-corrected chi connectivity index (χ2v) is 10.2. The standard InChI is InChI=1S/C24H32O8/c1-12-11-15(26)18(28)23(5)20(31-21(29)14-9-7-6-8-10-14)17(27)16-19(30-13(2)25)24(12,23)32-22(16,3)4/h6-10,12,15-20,26-28H,11H2,1-5H3/t12-,15+,16-,17-,18+,19-,20-,23+,24-/m1/s1. The summed E-state index contributed by atoms with van der Waals surface area (Å²) in [5.41, 5.74) is -3.40. The lowest BCUT2D eigenvalue weighted by Crippen LogP contribution is -2.78. The van der Waals surface area contributed by atoms with Gasteiger partial charge in [0.1, 0.15) is 23.9 Å². The molecule has 3 N–H and O–H groups in total. The summed E-state index contributed by atoms with van der Waals surface area (Å²) in [6, 6.07) is 8.37. The van der Waals surface area contributed by atoms with E-state index < -0.39 is 65.0 Å². The molecule has 2 saturated carbocycles. The van der Waals surface area contributed by atoms with E-state index in [4.69, 9.17) is 14.2 Å². The van der Waals surface area contributed by atoms with Crippen molar-refractivity contribution in [3.05, 3.63) is 35.9 Å². The van der Waals surface area contributed by atoms with Crippen LogP contribution in [0.25, 0.3) is 0 Å². The largest absolute Gasteiger partial charge is 0.459 e. The Hall–Kier alpha value is -2.00. The number of aliphatic hydroxyl groups is 3. The summed E-state index contributed by atoms with van der Waals surface area (Å²) in [7, 11) is 0. The van der Waals surface area contributed by atoms with Crippen molar-refractivity contribution < 1.29 is 39.1 Å². The molecule has 2 bridgehead atoms. The van der Waals surface area contributed by atoms with E-state index in [0.717, 1.165) is 0 Å². The number of rotatable bonds is 3. The molecule has 1 spiro atoms. The van der Waals surface area contributed by atoms with Crippen molar-refractivity contribution in [1.29, 1.82) is 0 Å². The fraction of sp³-hybridized carbons (Fsp3) is 0.667. The van der Waals surface area contributed by atoms with Crippen molar-refractivity contribution in [2.45, 2.75) is 82.8 Å². The Morgan fingerprint density at radius 2 is 1.66 bits per heavy atom. The van der Waals surface area contributed by atoms with E-state index in [2.05, 4.69) is 0 Å². The number of fused-ring (bicyclic) bond motifs is 1. The highest BCUT2D eigenvalue weighted by Crippen LogP contribution is 2.67. The van der Waals surface area contributed by atoms with Crippen LogP contribution in [0.15, 0.2) is 30.3 Å². The van der Waals surface area contributed by atoms with E-state index in [-0.39, 0.29) is 12.3 Å². The molecule has 1 aliphatic heterocycles. The summed E-state index contributed by atoms with van der Waals surface area (Å²) in [6.07, 6.45) is -5.73. The number of carbonyl (C=O) groups excluding carboxylic acids is 2. The highest BCUT2D eigenvalue weighted by Gasteiger charge is 2.81. The van der Waals surface area contributed by atoms with Crippen molar-refractivity contribution in [3.8, 4) is 0 Å². The molecule has 0 unspecified atom stereocenters. The molecule has 1 saturated heterocycles. The zero-order valence-corrected chi connectivity index (χ0v) is 19.0. The number of carbonyl (C=O) groups is 2. The van der Waals surface area contributed by atoms with Gasteiger partial charge in [-0.25, -0.2) is 4.79 Å². The summed E-state index contributed by atoms with van der Waals surface area (Å²) in [5.74, 6) is -2.28. The number of ether oxygens (including phenoxy) is 3. The third-order valence-electron chi connectivity index (χ3n) is 7.94. The first-order chi connectivity index (χ1) is 14.9. The number of hydrogen-bond donors (Lipinski definition) is 3. The first kappa shape index (κ1) is 23.2. The average molecular weight is 449 g/mol. The smallest absolute Gasteiger partial charge is 0.338 e. The normalized spacial score (nSPS) is 44.4. The second-order valence-electron chi connectivity index (χ2n) is 10.2. The minimum absolute atomic E-state index is 0.201. The van der Waals surface area contributed by atoms with E-state index >= 15 is 0 Å². The molecule has 3 aliphatic rings. The monoisotopic (exact) mass is 448 g/mol. The molecular weight excluding hydrogens is 416 g/mol. The van der Waals surface area contributed by atoms with Crippen LogP contribution in [0.4, 0.5) is 0 Å². The Morgan fingerprint density at radius 1 is 1.03 bits per heavy atom. The number of hydrogen-bond acceptors (Lipinski definition) is 8. The molecule has 1 heterocycles. The molecule has 176 valence electrons. The topological polar surface area (TPSA) is 123 Å². The highest BCUT2D eigenvalue weighted by atomic mass is 16.6. The van der Waals surface area contributed by atoms with Crippen LogP contribution in [-0.4, -0.2) is 69.0 Å². The van der Waals surface area contributed by atoms with E-state index in [1.54, 1.807) is 51.1 Å². The van der Waals surface area contributed by atoms with Gasteiger partial charge in [0.2, 0.25) is 0 Å². The molecule has 4 rings (SSSR count). The van der Waals surface area contributed by atoms with Crippen LogP contribution in [0.1, 0.15) is 51.4 Å². The van der Waals surface area contributed by atoms with Gasteiger partial charge in [-0.1, -0.05) is 32.0 Å². The van der Waals surface area contributed by atoms with E-state index in [9.17, 15) is 24.9 Å². The molecule has 0 aromatic heterocycles. The maximum absolute atomic E-state index is 13.0. The van der Waals surface area contributed by atoms with Crippen molar-refractivity contribution >= 4 is 11.9 Å². The zero-order chi connectivity index (χ0) is 23.6. The summed E-state index contributed by atoms with van der Waals surface area (Å²) < 4.78 is 18.2. The lowest BCUT2D eigenvalue weighted by atomic mass is 9.48. The lowest BCUT2D eigenvalue weighted by molar-refractivity contribution is -0.312. The number of aliphatic hydroxyl groups excluding tert-OH is 3. The van der Waals surface area contributed by atoms with Gasteiger partial charge < -0.3 is 29.5 Å². The molecule has 32 heavy (non-hydrogen) atoms. The molecule has 2 aliphatic carbocycles. The van der Waals surface area contributed by atoms with Crippen LogP contribution < -0.4 is 0 Å². The molecule has 8 nitrogen and oxygen atoms in total. The Kier molecular flexibility index (Phi) is 5.44. The van der Waals surface area contributed by atoms with Gasteiger partial charge in [0.25, 0.3) is 0 Å². The van der Waals surface area contributed by atoms with Gasteiger partial charge in [-0.3, -0.25) is 4.79 Å². The van der Waals surface area contributed by atoms with Crippen molar-refractivity contribution in [2.24, 2.45) is 17.3 Å². The first-order valence-corrected chi connectivity index (χ1v) is 11.1. The van der Waals surface area contributed by atoms with Crippen LogP contribution in [0.5, 0.6) is 0 Å². The maximum atomic E-state index is 13.0. The molecule has 0 amide bonds. The van der Waals surface area contributed by atoms with E-state index in [0.29, 0.717) is 5.56 Å². The third kappa shape index (κ3) is 2.96. The second kappa shape index (κ2) is 7.52. The summed E-state index contributed by atoms with van der Waals surface area (Å²) >= 11 is 0. The maximum Gasteiger partial charge on any atom is 0.338 e. The van der Waals surface area contributed by atoms with Crippen molar-refractivity contribution in [2.75, 3.05) is 0 Å². The molecule has 9 atom stereocenters. The van der Waals surface area contributed by atoms with Gasteiger partial charge >= 0.3 is 11.9 Å². The van der Waals surface area contributed by atoms with Gasteiger partial charge in [0, 0.05) is 6.92 Å². The van der Waals surface area contributed by atoms with E-state index in [1.807, 2.05) is 6.92 Å².